The topological polar surface area (TPSA) is 37.4 Å². The van der Waals surface area contributed by atoms with Gasteiger partial charge in [0.2, 0.25) is 5.91 Å². The third-order valence-corrected chi connectivity index (χ3v) is 4.45. The lowest BCUT2D eigenvalue weighted by molar-refractivity contribution is -0.118. The molecule has 3 heteroatoms. The molecule has 0 spiro atoms. The number of aryl methyl sites for hydroxylation is 2. The number of benzene rings is 2. The third kappa shape index (κ3) is 3.19. The predicted molar refractivity (Wildman–Crippen MR) is 92.0 cm³/mol. The molecule has 1 amide bonds. The molecule has 0 unspecified atom stereocenters. The standard InChI is InChI=1S/C20H21NO2/c1-14-7-8-15(2)17(13-14)19(22)9-10-20(23)21-12-11-16-5-3-4-6-18(16)21/h3-8,13H,9-12H2,1-2H3. The van der Waals surface area contributed by atoms with Crippen LogP contribution in [0.15, 0.2) is 42.5 Å². The normalized spacial score (nSPS) is 13.0. The lowest BCUT2D eigenvalue weighted by Crippen LogP contribution is -2.29. The van der Waals surface area contributed by atoms with Crippen molar-refractivity contribution in [3.05, 3.63) is 64.7 Å². The van der Waals surface area contributed by atoms with Crippen LogP contribution in [0.2, 0.25) is 0 Å². The Hall–Kier alpha value is -2.42. The Bertz CT molecular complexity index is 764. The summed E-state index contributed by atoms with van der Waals surface area (Å²) >= 11 is 0. The van der Waals surface area contributed by atoms with E-state index in [1.807, 2.05) is 55.1 Å². The first-order chi connectivity index (χ1) is 11.1. The fourth-order valence-corrected chi connectivity index (χ4v) is 3.12. The van der Waals surface area contributed by atoms with E-state index in [-0.39, 0.29) is 24.5 Å². The summed E-state index contributed by atoms with van der Waals surface area (Å²) in [6.07, 6.45) is 1.43. The Labute approximate surface area is 136 Å². The molecule has 0 aliphatic carbocycles. The smallest absolute Gasteiger partial charge is 0.227 e. The van der Waals surface area contributed by atoms with Crippen LogP contribution in [0.3, 0.4) is 0 Å². The minimum absolute atomic E-state index is 0.0357. The zero-order valence-corrected chi connectivity index (χ0v) is 13.6. The number of ketones is 1. The zero-order chi connectivity index (χ0) is 16.4. The van der Waals surface area contributed by atoms with Crippen molar-refractivity contribution in [3.8, 4) is 0 Å². The number of nitrogens with zero attached hydrogens (tertiary/aromatic N) is 1. The van der Waals surface area contributed by atoms with Crippen molar-refractivity contribution in [1.29, 1.82) is 0 Å². The second-order valence-electron chi connectivity index (χ2n) is 6.17. The van der Waals surface area contributed by atoms with Crippen LogP contribution in [0.1, 0.15) is 39.9 Å². The average Bonchev–Trinajstić information content (AvgIpc) is 2.98. The highest BCUT2D eigenvalue weighted by atomic mass is 16.2. The molecule has 2 aromatic rings. The number of Topliss-reactive ketones (excluding diaryl/α,β-unsaturated/α-hetero) is 1. The van der Waals surface area contributed by atoms with Crippen LogP contribution >= 0.6 is 0 Å². The van der Waals surface area contributed by atoms with Crippen LogP contribution in [0, 0.1) is 13.8 Å². The fraction of sp³-hybridized carbons (Fsp3) is 0.300. The van der Waals surface area contributed by atoms with Gasteiger partial charge < -0.3 is 4.90 Å². The van der Waals surface area contributed by atoms with E-state index in [1.54, 1.807) is 0 Å². The van der Waals surface area contributed by atoms with Gasteiger partial charge in [-0.2, -0.15) is 0 Å². The van der Waals surface area contributed by atoms with Gasteiger partial charge in [0, 0.05) is 30.6 Å². The van der Waals surface area contributed by atoms with E-state index in [2.05, 4.69) is 6.07 Å². The summed E-state index contributed by atoms with van der Waals surface area (Å²) in [4.78, 5) is 26.7. The van der Waals surface area contributed by atoms with Gasteiger partial charge in [-0.15, -0.1) is 0 Å². The minimum atomic E-state index is 0.0357. The van der Waals surface area contributed by atoms with Crippen molar-refractivity contribution in [3.63, 3.8) is 0 Å². The Morgan fingerprint density at radius 2 is 1.83 bits per heavy atom. The number of anilines is 1. The number of hydrogen-bond donors (Lipinski definition) is 0. The number of carbonyl (C=O) groups excluding carboxylic acids is 2. The molecule has 118 valence electrons. The van der Waals surface area contributed by atoms with E-state index in [0.717, 1.165) is 35.3 Å². The zero-order valence-electron chi connectivity index (χ0n) is 13.6. The van der Waals surface area contributed by atoms with Crippen molar-refractivity contribution in [2.75, 3.05) is 11.4 Å². The maximum Gasteiger partial charge on any atom is 0.227 e. The molecule has 2 aromatic carbocycles. The van der Waals surface area contributed by atoms with E-state index in [9.17, 15) is 9.59 Å². The predicted octanol–water partition coefficient (Wildman–Crippen LogP) is 3.86. The molecule has 0 aromatic heterocycles. The number of amides is 1. The van der Waals surface area contributed by atoms with Gasteiger partial charge in [-0.05, 0) is 43.5 Å². The molecule has 0 saturated heterocycles. The third-order valence-electron chi connectivity index (χ3n) is 4.45. The van der Waals surface area contributed by atoms with Gasteiger partial charge in [0.25, 0.3) is 0 Å². The Morgan fingerprint density at radius 1 is 1.04 bits per heavy atom. The molecule has 1 aliphatic rings. The number of hydrogen-bond acceptors (Lipinski definition) is 2. The first kappa shape index (κ1) is 15.5. The summed E-state index contributed by atoms with van der Waals surface area (Å²) in [5, 5.41) is 0. The van der Waals surface area contributed by atoms with Gasteiger partial charge in [-0.3, -0.25) is 9.59 Å². The molecule has 0 N–H and O–H groups in total. The Morgan fingerprint density at radius 3 is 2.65 bits per heavy atom. The van der Waals surface area contributed by atoms with Crippen LogP contribution in [-0.2, 0) is 11.2 Å². The largest absolute Gasteiger partial charge is 0.312 e. The molecule has 0 fully saturated rings. The van der Waals surface area contributed by atoms with Crippen molar-refractivity contribution >= 4 is 17.4 Å². The van der Waals surface area contributed by atoms with Gasteiger partial charge in [-0.1, -0.05) is 35.9 Å². The lowest BCUT2D eigenvalue weighted by Gasteiger charge is -2.17. The van der Waals surface area contributed by atoms with Crippen molar-refractivity contribution in [2.24, 2.45) is 0 Å². The molecular weight excluding hydrogens is 286 g/mol. The maximum atomic E-state index is 12.5. The van der Waals surface area contributed by atoms with Crippen molar-refractivity contribution < 1.29 is 9.59 Å². The molecule has 23 heavy (non-hydrogen) atoms. The van der Waals surface area contributed by atoms with Gasteiger partial charge in [-0.25, -0.2) is 0 Å². The van der Waals surface area contributed by atoms with Gasteiger partial charge >= 0.3 is 0 Å². The Kier molecular flexibility index (Phi) is 4.28. The highest BCUT2D eigenvalue weighted by molar-refractivity contribution is 6.02. The van der Waals surface area contributed by atoms with E-state index >= 15 is 0 Å². The van der Waals surface area contributed by atoms with E-state index in [0.29, 0.717) is 0 Å². The average molecular weight is 307 g/mol. The monoisotopic (exact) mass is 307 g/mol. The quantitative estimate of drug-likeness (QED) is 0.804. The van der Waals surface area contributed by atoms with Crippen molar-refractivity contribution in [1.82, 2.24) is 0 Å². The maximum absolute atomic E-state index is 12.5. The number of para-hydroxylation sites is 1. The summed E-state index contributed by atoms with van der Waals surface area (Å²) in [7, 11) is 0. The van der Waals surface area contributed by atoms with Crippen LogP contribution in [0.4, 0.5) is 5.69 Å². The second-order valence-corrected chi connectivity index (χ2v) is 6.17. The lowest BCUT2D eigenvalue weighted by atomic mass is 9.99. The molecule has 0 radical (unpaired) electrons. The molecular formula is C20H21NO2. The molecule has 0 atom stereocenters. The summed E-state index contributed by atoms with van der Waals surface area (Å²) in [6.45, 7) is 4.63. The van der Waals surface area contributed by atoms with E-state index in [1.165, 1.54) is 5.56 Å². The van der Waals surface area contributed by atoms with Crippen LogP contribution < -0.4 is 4.90 Å². The number of carbonyl (C=O) groups is 2. The van der Waals surface area contributed by atoms with Gasteiger partial charge in [0.1, 0.15) is 0 Å². The highest BCUT2D eigenvalue weighted by Gasteiger charge is 2.24. The molecule has 1 aliphatic heterocycles. The summed E-state index contributed by atoms with van der Waals surface area (Å²) in [6, 6.07) is 13.9. The first-order valence-corrected chi connectivity index (χ1v) is 8.05. The molecule has 1 heterocycles. The SMILES string of the molecule is Cc1ccc(C)c(C(=O)CCC(=O)N2CCc3ccccc32)c1. The second kappa shape index (κ2) is 6.37. The van der Waals surface area contributed by atoms with Crippen LogP contribution in [0.5, 0.6) is 0 Å². The van der Waals surface area contributed by atoms with Crippen LogP contribution in [-0.4, -0.2) is 18.2 Å². The summed E-state index contributed by atoms with van der Waals surface area (Å²) in [5.41, 5.74) is 4.98. The first-order valence-electron chi connectivity index (χ1n) is 8.05. The number of rotatable bonds is 4. The fourth-order valence-electron chi connectivity index (χ4n) is 3.12. The van der Waals surface area contributed by atoms with Gasteiger partial charge in [0.15, 0.2) is 5.78 Å². The summed E-state index contributed by atoms with van der Waals surface area (Å²) in [5.74, 6) is 0.0839. The Balaban J connectivity index is 1.66. The van der Waals surface area contributed by atoms with Crippen LogP contribution in [0.25, 0.3) is 0 Å². The molecule has 3 rings (SSSR count). The van der Waals surface area contributed by atoms with E-state index in [4.69, 9.17) is 0 Å². The number of fused-ring (bicyclic) bond motifs is 1. The van der Waals surface area contributed by atoms with E-state index < -0.39 is 0 Å². The van der Waals surface area contributed by atoms with Gasteiger partial charge in [0.05, 0.1) is 0 Å². The molecule has 3 nitrogen and oxygen atoms in total. The van der Waals surface area contributed by atoms with Crippen molar-refractivity contribution in [2.45, 2.75) is 33.1 Å². The molecule has 0 saturated carbocycles. The highest BCUT2D eigenvalue weighted by Crippen LogP contribution is 2.28. The molecule has 0 bridgehead atoms. The minimum Gasteiger partial charge on any atom is -0.312 e. The summed E-state index contributed by atoms with van der Waals surface area (Å²) < 4.78 is 0.